The van der Waals surface area contributed by atoms with Crippen LogP contribution in [0.2, 0.25) is 0 Å². The number of halogens is 1. The van der Waals surface area contributed by atoms with Gasteiger partial charge in [-0.15, -0.1) is 0 Å². The summed E-state index contributed by atoms with van der Waals surface area (Å²) in [5.74, 6) is 5.89. The van der Waals surface area contributed by atoms with Crippen LogP contribution in [-0.2, 0) is 9.47 Å². The molecule has 80 heavy (non-hydrogen) atoms. The smallest absolute Gasteiger partial charge is 0.234 e. The fourth-order valence-electron chi connectivity index (χ4n) is 16.6. The van der Waals surface area contributed by atoms with Gasteiger partial charge in [0, 0.05) is 45.0 Å². The largest absolute Gasteiger partial charge is 0.396 e. The van der Waals surface area contributed by atoms with Crippen molar-refractivity contribution in [2.24, 2.45) is 79.8 Å². The van der Waals surface area contributed by atoms with Gasteiger partial charge in [0.05, 0.1) is 18.9 Å². The van der Waals surface area contributed by atoms with E-state index in [9.17, 15) is 9.50 Å². The van der Waals surface area contributed by atoms with E-state index in [2.05, 4.69) is 136 Å². The first kappa shape index (κ1) is 77.3. The van der Waals surface area contributed by atoms with Gasteiger partial charge in [-0.3, -0.25) is 4.39 Å². The molecular weight excluding hydrogens is 982 g/mol. The summed E-state index contributed by atoms with van der Waals surface area (Å²) >= 11 is 0. The minimum atomic E-state index is -0.106. The van der Waals surface area contributed by atoms with Gasteiger partial charge in [-0.2, -0.15) is 0 Å². The number of aliphatic hydroxyl groups excluding tert-OH is 1. The molecule has 0 atom stereocenters. The van der Waals surface area contributed by atoms with Crippen LogP contribution in [0.15, 0.2) is 0 Å². The number of nitrogens with zero attached hydrogens (tertiary/aromatic N) is 1. The van der Waals surface area contributed by atoms with Crippen LogP contribution in [0.4, 0.5) is 4.39 Å². The third kappa shape index (κ3) is 22.5. The first-order valence-electron chi connectivity index (χ1n) is 35.2. The summed E-state index contributed by atoms with van der Waals surface area (Å²) in [4.78, 5) is 3.77. The SMILES string of the molecule is CC(C)C1(C)CCCC1.CC(C)C1(CF)CCCC1.CC(C)C1(CO)CCCC1.CCC1(C(C)C)CCCC1.CCC1(C(C)C)CCCC1.COC1(C(C)C)CCCC1.COCC1(C(C)C)CCCC1.[C-]#[N+]C1(C(C)C)CCCC1. The molecule has 0 bridgehead atoms. The Labute approximate surface area is 503 Å². The monoisotopic (exact) mass is 1130 g/mol. The molecule has 0 heterocycles. The standard InChI is InChI=1S/C10H20O.2C10H20.C9H17F.C9H15N.2C9H18O.C9H18/c1-9(2)10(8-11-3)6-4-5-7-10;2*1-4-10(9(2)3)7-5-6-8-10;1-8(2)9(7-10)5-3-4-6-9;2*1-8(2)9(10-3)6-4-5-7-9;1-8(2)9(7-10)5-3-4-6-9;1-8(2)9(3)6-4-5-7-9/h9H,4-8H2,1-3H3;2*9H,4-8H2,1-3H3;8H,3-7H2,1-2H3;8H,4-7H2,1-2H3;8H,4-7H2,1-3H3;8,10H,3-7H2,1-2H3;8H,4-7H2,1-3H3. The van der Waals surface area contributed by atoms with E-state index >= 15 is 0 Å². The van der Waals surface area contributed by atoms with Crippen molar-refractivity contribution in [1.29, 1.82) is 0 Å². The molecule has 0 saturated heterocycles. The van der Waals surface area contributed by atoms with Gasteiger partial charge in [-0.05, 0) is 171 Å². The highest BCUT2D eigenvalue weighted by Gasteiger charge is 2.44. The van der Waals surface area contributed by atoms with Crippen LogP contribution in [0.3, 0.4) is 0 Å². The molecular formula is C75H146FNO3. The Balaban J connectivity index is 0.000000457. The van der Waals surface area contributed by atoms with Gasteiger partial charge in [-0.25, -0.2) is 6.57 Å². The molecule has 0 unspecified atom stereocenters. The topological polar surface area (TPSA) is 43.0 Å². The van der Waals surface area contributed by atoms with Crippen LogP contribution in [0, 0.1) is 86.4 Å². The second-order valence-electron chi connectivity index (χ2n) is 31.3. The van der Waals surface area contributed by atoms with E-state index < -0.39 is 0 Å². The average molecular weight is 1130 g/mol. The van der Waals surface area contributed by atoms with Crippen molar-refractivity contribution in [3.05, 3.63) is 11.4 Å². The van der Waals surface area contributed by atoms with E-state index in [1.807, 2.05) is 14.2 Å². The number of hydrogen-bond donors (Lipinski definition) is 1. The highest BCUT2D eigenvalue weighted by atomic mass is 19.1. The number of aliphatic hydroxyl groups is 1. The summed E-state index contributed by atoms with van der Waals surface area (Å²) in [7, 11) is 3.67. The normalized spacial score (nSPS) is 23.9. The maximum atomic E-state index is 12.6. The van der Waals surface area contributed by atoms with Gasteiger partial charge in [0.15, 0.2) is 0 Å². The zero-order valence-corrected chi connectivity index (χ0v) is 58.4. The van der Waals surface area contributed by atoms with E-state index in [1.54, 1.807) is 0 Å². The number of hydrogen-bond acceptors (Lipinski definition) is 3. The van der Waals surface area contributed by atoms with Crippen LogP contribution in [-0.4, -0.2) is 50.4 Å². The molecule has 8 aliphatic rings. The summed E-state index contributed by atoms with van der Waals surface area (Å²) in [5.41, 5.74) is 3.31. The lowest BCUT2D eigenvalue weighted by Crippen LogP contribution is -2.33. The van der Waals surface area contributed by atoms with E-state index in [-0.39, 0.29) is 23.2 Å². The predicted octanol–water partition coefficient (Wildman–Crippen LogP) is 24.1. The minimum absolute atomic E-state index is 0.0278. The quantitative estimate of drug-likeness (QED) is 0.166. The molecule has 8 fully saturated rings. The van der Waals surface area contributed by atoms with E-state index in [4.69, 9.17) is 16.0 Å². The maximum absolute atomic E-state index is 12.6. The molecule has 0 aromatic rings. The first-order valence-corrected chi connectivity index (χ1v) is 35.2. The number of alkyl halides is 1. The van der Waals surface area contributed by atoms with Crippen LogP contribution in [0.5, 0.6) is 0 Å². The van der Waals surface area contributed by atoms with Crippen molar-refractivity contribution >= 4 is 0 Å². The molecule has 0 aromatic carbocycles. The maximum Gasteiger partial charge on any atom is 0.234 e. The average Bonchev–Trinajstić information content (AvgIpc) is 4.29. The van der Waals surface area contributed by atoms with Gasteiger partial charge in [0.2, 0.25) is 5.54 Å². The molecule has 0 amide bonds. The molecule has 8 rings (SSSR count). The van der Waals surface area contributed by atoms with Crippen molar-refractivity contribution in [3.8, 4) is 0 Å². The summed E-state index contributed by atoms with van der Waals surface area (Å²) < 4.78 is 23.5. The van der Waals surface area contributed by atoms with Crippen molar-refractivity contribution in [2.75, 3.05) is 34.1 Å². The second kappa shape index (κ2) is 37.8. The molecule has 8 aliphatic carbocycles. The van der Waals surface area contributed by atoms with Crippen LogP contribution in [0.25, 0.3) is 4.85 Å². The van der Waals surface area contributed by atoms with Gasteiger partial charge in [-0.1, -0.05) is 234 Å². The third-order valence-corrected chi connectivity index (χ3v) is 25.4. The van der Waals surface area contributed by atoms with Crippen LogP contribution >= 0.6 is 0 Å². The number of rotatable bonds is 15. The Morgan fingerprint density at radius 1 is 0.388 bits per heavy atom. The second-order valence-corrected chi connectivity index (χ2v) is 31.3. The summed E-state index contributed by atoms with van der Waals surface area (Å²) in [6.45, 7) is 52.0. The Morgan fingerprint density at radius 2 is 0.675 bits per heavy atom. The van der Waals surface area contributed by atoms with Gasteiger partial charge >= 0.3 is 0 Å². The molecule has 0 spiro atoms. The lowest BCUT2D eigenvalue weighted by molar-refractivity contribution is -0.0417. The van der Waals surface area contributed by atoms with Crippen molar-refractivity contribution in [2.45, 2.75) is 361 Å². The fourth-order valence-corrected chi connectivity index (χ4v) is 16.6. The Kier molecular flexibility index (Phi) is 36.5. The Morgan fingerprint density at radius 3 is 0.838 bits per heavy atom. The first-order chi connectivity index (χ1) is 37.6. The highest BCUT2D eigenvalue weighted by molar-refractivity contribution is 5.04. The van der Waals surface area contributed by atoms with Crippen molar-refractivity contribution in [3.63, 3.8) is 0 Å². The molecule has 476 valence electrons. The van der Waals surface area contributed by atoms with E-state index in [1.165, 1.54) is 193 Å². The fraction of sp³-hybridized carbons (Fsp3) is 0.987. The van der Waals surface area contributed by atoms with E-state index in [0.29, 0.717) is 46.5 Å². The number of ether oxygens (including phenoxy) is 2. The van der Waals surface area contributed by atoms with Gasteiger partial charge in [0.1, 0.15) is 0 Å². The third-order valence-electron chi connectivity index (χ3n) is 25.4. The summed E-state index contributed by atoms with van der Waals surface area (Å²) in [5, 5.41) is 9.19. The zero-order chi connectivity index (χ0) is 60.9. The molecule has 8 saturated carbocycles. The molecule has 0 aliphatic heterocycles. The Bertz CT molecular complexity index is 1390. The van der Waals surface area contributed by atoms with Crippen LogP contribution in [0.1, 0.15) is 350 Å². The summed E-state index contributed by atoms with van der Waals surface area (Å²) in [6.07, 6.45) is 45.9. The molecule has 0 radical (unpaired) electrons. The lowest BCUT2D eigenvalue weighted by Gasteiger charge is -2.32. The van der Waals surface area contributed by atoms with Crippen LogP contribution < -0.4 is 0 Å². The summed E-state index contributed by atoms with van der Waals surface area (Å²) in [6, 6.07) is 0. The van der Waals surface area contributed by atoms with Crippen molar-refractivity contribution in [1.82, 2.24) is 0 Å². The van der Waals surface area contributed by atoms with Gasteiger partial charge < -0.3 is 19.4 Å². The van der Waals surface area contributed by atoms with Gasteiger partial charge in [0.25, 0.3) is 0 Å². The zero-order valence-electron chi connectivity index (χ0n) is 58.4. The Hall–Kier alpha value is -0.700. The molecule has 4 nitrogen and oxygen atoms in total. The number of methoxy groups -OCH3 is 2. The predicted molar refractivity (Wildman–Crippen MR) is 351 cm³/mol. The van der Waals surface area contributed by atoms with E-state index in [0.717, 1.165) is 66.8 Å². The lowest BCUT2D eigenvalue weighted by atomic mass is 9.74. The molecule has 1 N–H and O–H groups in total. The highest BCUT2D eigenvalue weighted by Crippen LogP contribution is 2.50. The molecule has 0 aromatic heterocycles. The molecule has 5 heteroatoms. The minimum Gasteiger partial charge on any atom is -0.396 e. The van der Waals surface area contributed by atoms with Crippen molar-refractivity contribution < 1.29 is 19.0 Å².